The summed E-state index contributed by atoms with van der Waals surface area (Å²) in [6, 6.07) is 5.40. The molecular weight excluding hydrogens is 254 g/mol. The van der Waals surface area contributed by atoms with Gasteiger partial charge in [0.15, 0.2) is 12.0 Å². The average Bonchev–Trinajstić information content (AvgIpc) is 2.92. The van der Waals surface area contributed by atoms with E-state index in [-0.39, 0.29) is 11.4 Å². The van der Waals surface area contributed by atoms with E-state index in [0.29, 0.717) is 5.96 Å². The van der Waals surface area contributed by atoms with Crippen molar-refractivity contribution in [1.29, 1.82) is 0 Å². The van der Waals surface area contributed by atoms with Crippen molar-refractivity contribution in [3.05, 3.63) is 29.3 Å². The summed E-state index contributed by atoms with van der Waals surface area (Å²) in [5.41, 5.74) is 1.94. The molecule has 2 N–H and O–H groups in total. The van der Waals surface area contributed by atoms with Crippen molar-refractivity contribution in [3.63, 3.8) is 0 Å². The van der Waals surface area contributed by atoms with E-state index in [2.05, 4.69) is 15.6 Å². The van der Waals surface area contributed by atoms with Gasteiger partial charge in [0.25, 0.3) is 5.91 Å². The molecule has 0 saturated heterocycles. The first-order valence-electron chi connectivity index (χ1n) is 6.85. The average molecular weight is 273 g/mol. The summed E-state index contributed by atoms with van der Waals surface area (Å²) in [6.45, 7) is 6.81. The zero-order valence-corrected chi connectivity index (χ0v) is 12.0. The third-order valence-corrected chi connectivity index (χ3v) is 3.27. The number of nitrogens with zero attached hydrogens (tertiary/aromatic N) is 1. The first-order chi connectivity index (χ1) is 9.42. The fourth-order valence-corrected chi connectivity index (χ4v) is 2.43. The van der Waals surface area contributed by atoms with Gasteiger partial charge in [-0.3, -0.25) is 10.1 Å². The molecule has 0 saturated carbocycles. The van der Waals surface area contributed by atoms with Crippen LogP contribution in [0.2, 0.25) is 0 Å². The van der Waals surface area contributed by atoms with Crippen molar-refractivity contribution in [2.45, 2.75) is 38.8 Å². The van der Waals surface area contributed by atoms with Crippen LogP contribution < -0.4 is 15.4 Å². The van der Waals surface area contributed by atoms with Crippen molar-refractivity contribution < 1.29 is 9.53 Å². The Kier molecular flexibility index (Phi) is 2.92. The van der Waals surface area contributed by atoms with Gasteiger partial charge in [0.1, 0.15) is 5.75 Å². The maximum Gasteiger partial charge on any atom is 0.256 e. The van der Waals surface area contributed by atoms with Gasteiger partial charge >= 0.3 is 0 Å². The van der Waals surface area contributed by atoms with Crippen molar-refractivity contribution >= 4 is 11.9 Å². The molecule has 1 amide bonds. The van der Waals surface area contributed by atoms with E-state index in [1.807, 2.05) is 39.0 Å². The molecule has 0 aliphatic carbocycles. The molecule has 1 aromatic carbocycles. The first-order valence-corrected chi connectivity index (χ1v) is 6.85. The van der Waals surface area contributed by atoms with Gasteiger partial charge in [-0.2, -0.15) is 0 Å². The number of benzene rings is 1. The summed E-state index contributed by atoms with van der Waals surface area (Å²) in [4.78, 5) is 16.5. The molecule has 2 aliphatic rings. The fraction of sp³-hybridized carbons (Fsp3) is 0.467. The zero-order chi connectivity index (χ0) is 14.3. The van der Waals surface area contributed by atoms with Gasteiger partial charge in [-0.05, 0) is 44.0 Å². The molecule has 5 heteroatoms. The number of rotatable bonds is 1. The number of ether oxygens (including phenoxy) is 1. The van der Waals surface area contributed by atoms with E-state index in [0.717, 1.165) is 29.9 Å². The topological polar surface area (TPSA) is 62.7 Å². The predicted octanol–water partition coefficient (Wildman–Crippen LogP) is 1.54. The maximum atomic E-state index is 12.1. The molecule has 3 rings (SSSR count). The molecule has 106 valence electrons. The molecule has 1 unspecified atom stereocenters. The molecule has 0 radical (unpaired) electrons. The minimum Gasteiger partial charge on any atom is -0.493 e. The van der Waals surface area contributed by atoms with Crippen LogP contribution in [-0.4, -0.2) is 24.0 Å². The van der Waals surface area contributed by atoms with Gasteiger partial charge in [-0.1, -0.05) is 6.07 Å². The molecule has 0 aromatic heterocycles. The Hall–Kier alpha value is -2.04. The second kappa shape index (κ2) is 4.51. The Labute approximate surface area is 118 Å². The van der Waals surface area contributed by atoms with E-state index in [9.17, 15) is 4.79 Å². The Morgan fingerprint density at radius 1 is 1.40 bits per heavy atom. The fourth-order valence-electron chi connectivity index (χ4n) is 2.43. The highest BCUT2D eigenvalue weighted by molar-refractivity contribution is 6.05. The van der Waals surface area contributed by atoms with Crippen molar-refractivity contribution in [3.8, 4) is 5.75 Å². The smallest absolute Gasteiger partial charge is 0.256 e. The van der Waals surface area contributed by atoms with Crippen LogP contribution in [0, 0.1) is 0 Å². The lowest BCUT2D eigenvalue weighted by molar-refractivity contribution is -0.120. The minimum absolute atomic E-state index is 0.0874. The summed E-state index contributed by atoms with van der Waals surface area (Å²) < 4.78 is 5.48. The predicted molar refractivity (Wildman–Crippen MR) is 76.8 cm³/mol. The van der Waals surface area contributed by atoms with Gasteiger partial charge in [0, 0.05) is 12.0 Å². The lowest BCUT2D eigenvalue weighted by atomic mass is 10.0. The van der Waals surface area contributed by atoms with E-state index in [1.54, 1.807) is 0 Å². The lowest BCUT2D eigenvalue weighted by Gasteiger charge is -2.21. The highest BCUT2D eigenvalue weighted by Crippen LogP contribution is 2.30. The van der Waals surface area contributed by atoms with Crippen LogP contribution in [-0.2, 0) is 11.2 Å². The van der Waals surface area contributed by atoms with Crippen LogP contribution in [0.3, 0.4) is 0 Å². The number of aliphatic imine (C=N–C) groups is 1. The molecule has 2 heterocycles. The summed E-state index contributed by atoms with van der Waals surface area (Å²) in [5, 5.41) is 5.99. The van der Waals surface area contributed by atoms with Crippen molar-refractivity contribution in [1.82, 2.24) is 10.6 Å². The van der Waals surface area contributed by atoms with Crippen LogP contribution in [0.25, 0.3) is 0 Å². The number of carbonyl (C=O) groups is 1. The number of nitrogens with one attached hydrogen (secondary N) is 2. The Bertz CT molecular complexity index is 587. The van der Waals surface area contributed by atoms with Gasteiger partial charge in [-0.15, -0.1) is 0 Å². The van der Waals surface area contributed by atoms with Crippen LogP contribution in [0.5, 0.6) is 5.75 Å². The minimum atomic E-state index is -0.467. The van der Waals surface area contributed by atoms with Gasteiger partial charge in [-0.25, -0.2) is 4.99 Å². The SMILES string of the molecule is CC(C)(C)NC1=NC(c2ccc3c(c2)CCO3)C(=O)N1. The normalized spacial score (nSPS) is 21.1. The quantitative estimate of drug-likeness (QED) is 0.816. The standard InChI is InChI=1S/C15H19N3O2/c1-15(2,3)18-14-16-12(13(19)17-14)10-4-5-11-9(8-10)6-7-20-11/h4-5,8,12H,6-7H2,1-3H3,(H2,16,17,18,19). The number of hydrogen-bond donors (Lipinski definition) is 2. The number of carbonyl (C=O) groups excluding carboxylic acids is 1. The molecule has 0 spiro atoms. The van der Waals surface area contributed by atoms with Crippen molar-refractivity contribution in [2.24, 2.45) is 4.99 Å². The van der Waals surface area contributed by atoms with Gasteiger partial charge in [0.2, 0.25) is 0 Å². The first kappa shape index (κ1) is 13.0. The molecular formula is C15H19N3O2. The Morgan fingerprint density at radius 3 is 2.95 bits per heavy atom. The van der Waals surface area contributed by atoms with Crippen LogP contribution in [0.1, 0.15) is 37.9 Å². The third kappa shape index (κ3) is 2.48. The second-order valence-electron chi connectivity index (χ2n) is 6.21. The van der Waals surface area contributed by atoms with Gasteiger partial charge in [0.05, 0.1) is 6.61 Å². The summed E-state index contributed by atoms with van der Waals surface area (Å²) in [7, 11) is 0. The van der Waals surface area contributed by atoms with E-state index in [4.69, 9.17) is 4.74 Å². The van der Waals surface area contributed by atoms with E-state index in [1.165, 1.54) is 0 Å². The largest absolute Gasteiger partial charge is 0.493 e. The van der Waals surface area contributed by atoms with Crippen LogP contribution >= 0.6 is 0 Å². The summed E-state index contributed by atoms with van der Waals surface area (Å²) in [6.07, 6.45) is 0.897. The zero-order valence-electron chi connectivity index (χ0n) is 12.0. The third-order valence-electron chi connectivity index (χ3n) is 3.27. The summed E-state index contributed by atoms with van der Waals surface area (Å²) in [5.74, 6) is 1.38. The monoisotopic (exact) mass is 273 g/mol. The molecule has 20 heavy (non-hydrogen) atoms. The maximum absolute atomic E-state index is 12.1. The molecule has 0 bridgehead atoms. The molecule has 2 aliphatic heterocycles. The summed E-state index contributed by atoms with van der Waals surface area (Å²) >= 11 is 0. The number of guanidine groups is 1. The van der Waals surface area contributed by atoms with E-state index >= 15 is 0 Å². The van der Waals surface area contributed by atoms with Gasteiger partial charge < -0.3 is 10.1 Å². The van der Waals surface area contributed by atoms with Crippen LogP contribution in [0.15, 0.2) is 23.2 Å². The Balaban J connectivity index is 1.85. The highest BCUT2D eigenvalue weighted by Gasteiger charge is 2.30. The highest BCUT2D eigenvalue weighted by atomic mass is 16.5. The second-order valence-corrected chi connectivity index (χ2v) is 6.21. The number of hydrogen-bond acceptors (Lipinski definition) is 4. The van der Waals surface area contributed by atoms with Crippen LogP contribution in [0.4, 0.5) is 0 Å². The number of fused-ring (bicyclic) bond motifs is 1. The molecule has 1 atom stereocenters. The van der Waals surface area contributed by atoms with E-state index < -0.39 is 6.04 Å². The van der Waals surface area contributed by atoms with Crippen molar-refractivity contribution in [2.75, 3.05) is 6.61 Å². The Morgan fingerprint density at radius 2 is 2.20 bits per heavy atom. The number of amides is 1. The molecule has 1 aromatic rings. The lowest BCUT2D eigenvalue weighted by Crippen LogP contribution is -2.46. The molecule has 0 fully saturated rings. The molecule has 5 nitrogen and oxygen atoms in total.